The molecule has 0 radical (unpaired) electrons. The van der Waals surface area contributed by atoms with E-state index >= 15 is 0 Å². The van der Waals surface area contributed by atoms with Gasteiger partial charge >= 0.3 is 5.97 Å². The van der Waals surface area contributed by atoms with Crippen LogP contribution < -0.4 is 0 Å². The minimum Gasteiger partial charge on any atom is -0.462 e. The van der Waals surface area contributed by atoms with Crippen molar-refractivity contribution in [3.63, 3.8) is 0 Å². The van der Waals surface area contributed by atoms with Crippen molar-refractivity contribution in [3.8, 4) is 0 Å². The summed E-state index contributed by atoms with van der Waals surface area (Å²) in [4.78, 5) is 11.5. The normalized spacial score (nSPS) is 10.3. The van der Waals surface area contributed by atoms with E-state index in [4.69, 9.17) is 14.2 Å². The molecule has 0 spiro atoms. The molecule has 0 rings (SSSR count). The Balaban J connectivity index is 3.43. The third kappa shape index (κ3) is 10.3. The molecule has 106 valence electrons. The Bertz CT molecular complexity index is 202. The molecular formula is C14H26O4. The van der Waals surface area contributed by atoms with E-state index in [9.17, 15) is 4.79 Å². The average Bonchev–Trinajstić information content (AvgIpc) is 2.37. The van der Waals surface area contributed by atoms with Crippen LogP contribution in [-0.4, -0.2) is 39.5 Å². The van der Waals surface area contributed by atoms with Gasteiger partial charge in [0.15, 0.2) is 0 Å². The van der Waals surface area contributed by atoms with E-state index in [2.05, 4.69) is 13.5 Å². The van der Waals surface area contributed by atoms with E-state index in [0.29, 0.717) is 38.4 Å². The first-order valence-corrected chi connectivity index (χ1v) is 6.64. The number of ether oxygens (including phenoxy) is 3. The first-order valence-electron chi connectivity index (χ1n) is 6.64. The topological polar surface area (TPSA) is 44.8 Å². The van der Waals surface area contributed by atoms with Crippen LogP contribution in [0.5, 0.6) is 0 Å². The van der Waals surface area contributed by atoms with Gasteiger partial charge in [0.25, 0.3) is 0 Å². The fourth-order valence-electron chi connectivity index (χ4n) is 1.34. The summed E-state index contributed by atoms with van der Waals surface area (Å²) < 4.78 is 15.2. The van der Waals surface area contributed by atoms with Crippen LogP contribution >= 0.6 is 0 Å². The quantitative estimate of drug-likeness (QED) is 0.307. The lowest BCUT2D eigenvalue weighted by Gasteiger charge is -2.07. The van der Waals surface area contributed by atoms with Crippen LogP contribution in [0.2, 0.25) is 0 Å². The molecule has 4 nitrogen and oxygen atoms in total. The second kappa shape index (κ2) is 12.6. The van der Waals surface area contributed by atoms with Crippen molar-refractivity contribution in [1.82, 2.24) is 0 Å². The lowest BCUT2D eigenvalue weighted by Crippen LogP contribution is -2.11. The Morgan fingerprint density at radius 3 is 2.50 bits per heavy atom. The summed E-state index contributed by atoms with van der Waals surface area (Å²) in [5.74, 6) is -0.304. The summed E-state index contributed by atoms with van der Waals surface area (Å²) in [7, 11) is 1.62. The Morgan fingerprint density at radius 1 is 1.06 bits per heavy atom. The molecule has 18 heavy (non-hydrogen) atoms. The summed E-state index contributed by atoms with van der Waals surface area (Å²) in [6.07, 6.45) is 4.91. The van der Waals surface area contributed by atoms with Crippen molar-refractivity contribution >= 4 is 5.97 Å². The zero-order chi connectivity index (χ0) is 13.6. The van der Waals surface area contributed by atoms with Crippen LogP contribution in [0, 0.1) is 0 Å². The predicted octanol–water partition coefficient (Wildman–Crippen LogP) is 2.72. The lowest BCUT2D eigenvalue weighted by molar-refractivity contribution is -0.139. The van der Waals surface area contributed by atoms with Crippen molar-refractivity contribution in [1.29, 1.82) is 0 Å². The van der Waals surface area contributed by atoms with Crippen LogP contribution in [0.3, 0.4) is 0 Å². The zero-order valence-electron chi connectivity index (χ0n) is 11.7. The second-order valence-corrected chi connectivity index (χ2v) is 4.16. The number of esters is 1. The van der Waals surface area contributed by atoms with Crippen molar-refractivity contribution in [2.45, 2.75) is 39.0 Å². The van der Waals surface area contributed by atoms with Gasteiger partial charge in [-0.15, -0.1) is 0 Å². The highest BCUT2D eigenvalue weighted by Gasteiger charge is 2.07. The highest BCUT2D eigenvalue weighted by Crippen LogP contribution is 2.04. The standard InChI is InChI=1S/C14H26O4/c1-4-5-6-7-9-18-14(15)13(2)8-10-17-12-11-16-3/h2,4-12H2,1,3H3. The lowest BCUT2D eigenvalue weighted by atomic mass is 10.2. The van der Waals surface area contributed by atoms with Gasteiger partial charge in [-0.1, -0.05) is 32.8 Å². The van der Waals surface area contributed by atoms with Gasteiger partial charge in [0.05, 0.1) is 26.4 Å². The van der Waals surface area contributed by atoms with Gasteiger partial charge in [-0.2, -0.15) is 0 Å². The monoisotopic (exact) mass is 258 g/mol. The molecule has 0 aliphatic rings. The molecule has 0 aromatic heterocycles. The highest BCUT2D eigenvalue weighted by atomic mass is 16.5. The average molecular weight is 258 g/mol. The first kappa shape index (κ1) is 17.1. The van der Waals surface area contributed by atoms with Crippen molar-refractivity contribution in [3.05, 3.63) is 12.2 Å². The maximum atomic E-state index is 11.5. The van der Waals surface area contributed by atoms with Gasteiger partial charge < -0.3 is 14.2 Å². The first-order chi connectivity index (χ1) is 8.72. The molecule has 0 aliphatic heterocycles. The molecule has 0 N–H and O–H groups in total. The molecule has 0 aromatic carbocycles. The third-order valence-corrected chi connectivity index (χ3v) is 2.50. The van der Waals surface area contributed by atoms with Crippen molar-refractivity contribution < 1.29 is 19.0 Å². The van der Waals surface area contributed by atoms with E-state index in [-0.39, 0.29) is 5.97 Å². The second-order valence-electron chi connectivity index (χ2n) is 4.16. The minimum absolute atomic E-state index is 0.304. The van der Waals surface area contributed by atoms with E-state index in [1.807, 2.05) is 0 Å². The van der Waals surface area contributed by atoms with E-state index in [1.165, 1.54) is 12.8 Å². The SMILES string of the molecule is C=C(CCOCCOC)C(=O)OCCCCCC. The fraction of sp³-hybridized carbons (Fsp3) is 0.786. The molecule has 0 amide bonds. The summed E-state index contributed by atoms with van der Waals surface area (Å²) >= 11 is 0. The predicted molar refractivity (Wildman–Crippen MR) is 71.6 cm³/mol. The third-order valence-electron chi connectivity index (χ3n) is 2.50. The van der Waals surface area contributed by atoms with Gasteiger partial charge in [0, 0.05) is 19.1 Å². The minimum atomic E-state index is -0.304. The molecule has 4 heteroatoms. The Hall–Kier alpha value is -0.870. The summed E-state index contributed by atoms with van der Waals surface area (Å²) in [6, 6.07) is 0. The molecular weight excluding hydrogens is 232 g/mol. The van der Waals surface area contributed by atoms with Crippen LogP contribution in [-0.2, 0) is 19.0 Å². The number of rotatable bonds is 12. The van der Waals surface area contributed by atoms with Crippen LogP contribution in [0.25, 0.3) is 0 Å². The number of carbonyl (C=O) groups is 1. The zero-order valence-corrected chi connectivity index (χ0v) is 11.7. The molecule has 0 bridgehead atoms. The maximum absolute atomic E-state index is 11.5. The van der Waals surface area contributed by atoms with Gasteiger partial charge in [-0.05, 0) is 6.42 Å². The van der Waals surface area contributed by atoms with E-state index in [1.54, 1.807) is 7.11 Å². The molecule has 0 heterocycles. The van der Waals surface area contributed by atoms with E-state index in [0.717, 1.165) is 12.8 Å². The number of unbranched alkanes of at least 4 members (excludes halogenated alkanes) is 3. The molecule has 0 fully saturated rings. The summed E-state index contributed by atoms with van der Waals surface area (Å²) in [5.41, 5.74) is 0.475. The van der Waals surface area contributed by atoms with Crippen LogP contribution in [0.1, 0.15) is 39.0 Å². The van der Waals surface area contributed by atoms with Crippen molar-refractivity contribution in [2.24, 2.45) is 0 Å². The number of methoxy groups -OCH3 is 1. The Kier molecular flexibility index (Phi) is 12.0. The molecule has 0 unspecified atom stereocenters. The number of hydrogen-bond donors (Lipinski definition) is 0. The molecule has 0 atom stereocenters. The smallest absolute Gasteiger partial charge is 0.333 e. The van der Waals surface area contributed by atoms with Gasteiger partial charge in [-0.3, -0.25) is 0 Å². The highest BCUT2D eigenvalue weighted by molar-refractivity contribution is 5.87. The van der Waals surface area contributed by atoms with E-state index < -0.39 is 0 Å². The molecule has 0 saturated carbocycles. The number of carbonyl (C=O) groups excluding carboxylic acids is 1. The fourth-order valence-corrected chi connectivity index (χ4v) is 1.34. The Labute approximate surface area is 110 Å². The van der Waals surface area contributed by atoms with Crippen molar-refractivity contribution in [2.75, 3.05) is 33.5 Å². The van der Waals surface area contributed by atoms with Gasteiger partial charge in [0.1, 0.15) is 0 Å². The molecule has 0 saturated heterocycles. The number of hydrogen-bond acceptors (Lipinski definition) is 4. The van der Waals surface area contributed by atoms with Gasteiger partial charge in [0.2, 0.25) is 0 Å². The summed E-state index contributed by atoms with van der Waals surface area (Å²) in [6.45, 7) is 7.92. The largest absolute Gasteiger partial charge is 0.462 e. The Morgan fingerprint density at radius 2 is 1.83 bits per heavy atom. The summed E-state index contributed by atoms with van der Waals surface area (Å²) in [5, 5.41) is 0. The van der Waals surface area contributed by atoms with Crippen LogP contribution in [0.15, 0.2) is 12.2 Å². The maximum Gasteiger partial charge on any atom is 0.333 e. The molecule has 0 aliphatic carbocycles. The van der Waals surface area contributed by atoms with Gasteiger partial charge in [-0.25, -0.2) is 4.79 Å². The molecule has 0 aromatic rings. The van der Waals surface area contributed by atoms with Crippen LogP contribution in [0.4, 0.5) is 0 Å².